The topological polar surface area (TPSA) is 46.5 Å². The highest BCUT2D eigenvalue weighted by Crippen LogP contribution is 2.58. The number of fused-ring (bicyclic) bond motifs is 3. The van der Waals surface area contributed by atoms with Gasteiger partial charge in [0, 0.05) is 16.6 Å². The van der Waals surface area contributed by atoms with Crippen molar-refractivity contribution in [3.8, 4) is 5.75 Å². The van der Waals surface area contributed by atoms with Gasteiger partial charge in [-0.2, -0.15) is 0 Å². The maximum Gasteiger partial charge on any atom is 0.168 e. The minimum atomic E-state index is -0.857. The van der Waals surface area contributed by atoms with E-state index in [1.807, 2.05) is 36.4 Å². The van der Waals surface area contributed by atoms with Crippen molar-refractivity contribution >= 4 is 11.9 Å². The molecule has 0 aliphatic heterocycles. The fourth-order valence-corrected chi connectivity index (χ4v) is 4.57. The SMILES string of the molecule is COc1ccccc1/C=C/C(O)C1=CCC2(C[C@H]3C=C[C@@H]2C3)C1=O. The molecule has 1 spiro atoms. The van der Waals surface area contributed by atoms with Crippen LogP contribution in [0.1, 0.15) is 24.8 Å². The second-order valence-electron chi connectivity index (χ2n) is 7.09. The molecule has 3 aliphatic rings. The lowest BCUT2D eigenvalue weighted by molar-refractivity contribution is -0.125. The van der Waals surface area contributed by atoms with Crippen LogP contribution in [0.2, 0.25) is 0 Å². The molecule has 3 aliphatic carbocycles. The fraction of sp³-hybridized carbons (Fsp3) is 0.381. The molecule has 2 unspecified atom stereocenters. The summed E-state index contributed by atoms with van der Waals surface area (Å²) in [6.45, 7) is 0. The molecule has 1 fully saturated rings. The molecule has 1 aromatic carbocycles. The summed E-state index contributed by atoms with van der Waals surface area (Å²) < 4.78 is 5.31. The lowest BCUT2D eigenvalue weighted by Gasteiger charge is -2.30. The molecule has 3 nitrogen and oxygen atoms in total. The summed E-state index contributed by atoms with van der Waals surface area (Å²) in [4.78, 5) is 13.0. The summed E-state index contributed by atoms with van der Waals surface area (Å²) in [6.07, 6.45) is 11.9. The van der Waals surface area contributed by atoms with Crippen LogP contribution in [0.15, 0.2) is 54.1 Å². The third-order valence-corrected chi connectivity index (χ3v) is 5.82. The molecule has 1 saturated carbocycles. The summed E-state index contributed by atoms with van der Waals surface area (Å²) >= 11 is 0. The number of hydrogen-bond donors (Lipinski definition) is 1. The first-order chi connectivity index (χ1) is 11.6. The van der Waals surface area contributed by atoms with Crippen LogP contribution < -0.4 is 4.74 Å². The number of para-hydroxylation sites is 1. The Kier molecular flexibility index (Phi) is 3.69. The molecular formula is C21H22O3. The Morgan fingerprint density at radius 3 is 2.88 bits per heavy atom. The number of carbonyl (C=O) groups is 1. The molecule has 4 atom stereocenters. The number of carbonyl (C=O) groups excluding carboxylic acids is 1. The Bertz CT molecular complexity index is 758. The summed E-state index contributed by atoms with van der Waals surface area (Å²) in [5.74, 6) is 1.81. The van der Waals surface area contributed by atoms with Gasteiger partial charge in [0.2, 0.25) is 0 Å². The highest BCUT2D eigenvalue weighted by atomic mass is 16.5. The highest BCUT2D eigenvalue weighted by Gasteiger charge is 2.55. The molecule has 0 amide bonds. The minimum absolute atomic E-state index is 0.150. The number of aliphatic hydroxyl groups is 1. The smallest absolute Gasteiger partial charge is 0.168 e. The number of rotatable bonds is 4. The largest absolute Gasteiger partial charge is 0.496 e. The van der Waals surface area contributed by atoms with Crippen LogP contribution in [-0.2, 0) is 4.79 Å². The molecule has 0 heterocycles. The zero-order valence-electron chi connectivity index (χ0n) is 13.8. The summed E-state index contributed by atoms with van der Waals surface area (Å²) in [5, 5.41) is 10.5. The van der Waals surface area contributed by atoms with E-state index in [0.29, 0.717) is 17.4 Å². The van der Waals surface area contributed by atoms with E-state index in [-0.39, 0.29) is 11.2 Å². The molecule has 4 rings (SSSR count). The standard InChI is InChI=1S/C21H22O3/c1-24-19-5-3-2-4-15(19)7-9-18(22)17-10-11-21(20(17)23)13-14-6-8-16(21)12-14/h2-10,14,16,18,22H,11-13H2,1H3/b9-7+/t14-,16+,18?,21?/m0/s1. The van der Waals surface area contributed by atoms with Crippen LogP contribution in [0.3, 0.4) is 0 Å². The van der Waals surface area contributed by atoms with E-state index in [9.17, 15) is 9.90 Å². The van der Waals surface area contributed by atoms with E-state index < -0.39 is 6.10 Å². The Labute approximate surface area is 142 Å². The number of hydrogen-bond acceptors (Lipinski definition) is 3. The zero-order valence-corrected chi connectivity index (χ0v) is 13.8. The van der Waals surface area contributed by atoms with Crippen LogP contribution in [0.5, 0.6) is 5.75 Å². The van der Waals surface area contributed by atoms with E-state index in [4.69, 9.17) is 4.74 Å². The average molecular weight is 322 g/mol. The fourth-order valence-electron chi connectivity index (χ4n) is 4.57. The summed E-state index contributed by atoms with van der Waals surface area (Å²) in [7, 11) is 1.62. The zero-order chi connectivity index (χ0) is 16.7. The van der Waals surface area contributed by atoms with E-state index in [1.54, 1.807) is 13.2 Å². The Morgan fingerprint density at radius 1 is 1.33 bits per heavy atom. The van der Waals surface area contributed by atoms with E-state index >= 15 is 0 Å². The first kappa shape index (κ1) is 15.4. The van der Waals surface area contributed by atoms with Gasteiger partial charge >= 0.3 is 0 Å². The molecule has 1 N–H and O–H groups in total. The number of ether oxygens (including phenoxy) is 1. The molecule has 0 radical (unpaired) electrons. The molecule has 0 aromatic heterocycles. The predicted molar refractivity (Wildman–Crippen MR) is 93.5 cm³/mol. The van der Waals surface area contributed by atoms with E-state index in [1.165, 1.54) is 0 Å². The second kappa shape index (κ2) is 5.75. The van der Waals surface area contributed by atoms with Crippen LogP contribution in [-0.4, -0.2) is 24.1 Å². The summed E-state index contributed by atoms with van der Waals surface area (Å²) in [6, 6.07) is 7.63. The number of methoxy groups -OCH3 is 1. The van der Waals surface area contributed by atoms with Gasteiger partial charge in [0.25, 0.3) is 0 Å². The third-order valence-electron chi connectivity index (χ3n) is 5.82. The van der Waals surface area contributed by atoms with Crippen LogP contribution in [0, 0.1) is 17.3 Å². The first-order valence-corrected chi connectivity index (χ1v) is 8.56. The van der Waals surface area contributed by atoms with Crippen molar-refractivity contribution in [1.29, 1.82) is 0 Å². The number of benzene rings is 1. The Hall–Kier alpha value is -2.13. The third kappa shape index (κ3) is 2.27. The van der Waals surface area contributed by atoms with Crippen LogP contribution in [0.4, 0.5) is 0 Å². The van der Waals surface area contributed by atoms with Crippen molar-refractivity contribution in [2.45, 2.75) is 25.4 Å². The maximum atomic E-state index is 13.0. The molecule has 1 aromatic rings. The van der Waals surface area contributed by atoms with Crippen molar-refractivity contribution in [2.24, 2.45) is 17.3 Å². The van der Waals surface area contributed by atoms with Gasteiger partial charge < -0.3 is 9.84 Å². The van der Waals surface area contributed by atoms with Gasteiger partial charge in [-0.25, -0.2) is 0 Å². The average Bonchev–Trinajstić information content (AvgIpc) is 3.29. The van der Waals surface area contributed by atoms with Gasteiger partial charge in [0.15, 0.2) is 5.78 Å². The van der Waals surface area contributed by atoms with Crippen molar-refractivity contribution in [2.75, 3.05) is 7.11 Å². The maximum absolute atomic E-state index is 13.0. The van der Waals surface area contributed by atoms with Crippen molar-refractivity contribution in [3.63, 3.8) is 0 Å². The molecule has 2 bridgehead atoms. The van der Waals surface area contributed by atoms with Gasteiger partial charge in [-0.1, -0.05) is 48.6 Å². The van der Waals surface area contributed by atoms with Crippen molar-refractivity contribution in [1.82, 2.24) is 0 Å². The predicted octanol–water partition coefficient (Wildman–Crippen LogP) is 3.55. The van der Waals surface area contributed by atoms with Gasteiger partial charge in [-0.15, -0.1) is 0 Å². The van der Waals surface area contributed by atoms with E-state index in [2.05, 4.69) is 12.2 Å². The Balaban J connectivity index is 1.52. The van der Waals surface area contributed by atoms with Crippen LogP contribution >= 0.6 is 0 Å². The monoisotopic (exact) mass is 322 g/mol. The van der Waals surface area contributed by atoms with Crippen molar-refractivity contribution in [3.05, 3.63) is 59.7 Å². The summed E-state index contributed by atoms with van der Waals surface area (Å²) in [5.41, 5.74) is 1.18. The number of Topliss-reactive ketones (excluding diaryl/α,β-unsaturated/α-hetero) is 1. The second-order valence-corrected chi connectivity index (χ2v) is 7.09. The lowest BCUT2D eigenvalue weighted by atomic mass is 9.72. The molecule has 3 heteroatoms. The molecular weight excluding hydrogens is 300 g/mol. The van der Waals surface area contributed by atoms with Gasteiger partial charge in [0.05, 0.1) is 7.11 Å². The highest BCUT2D eigenvalue weighted by molar-refractivity contribution is 6.04. The number of aliphatic hydroxyl groups excluding tert-OH is 1. The molecule has 0 saturated heterocycles. The number of allylic oxidation sites excluding steroid dienone is 3. The van der Waals surface area contributed by atoms with Gasteiger partial charge in [-0.05, 0) is 37.2 Å². The molecule has 24 heavy (non-hydrogen) atoms. The Morgan fingerprint density at radius 2 is 2.17 bits per heavy atom. The normalized spacial score (nSPS) is 32.1. The van der Waals surface area contributed by atoms with Crippen molar-refractivity contribution < 1.29 is 14.6 Å². The van der Waals surface area contributed by atoms with Gasteiger partial charge in [-0.3, -0.25) is 4.79 Å². The first-order valence-electron chi connectivity index (χ1n) is 8.56. The van der Waals surface area contributed by atoms with Gasteiger partial charge in [0.1, 0.15) is 11.9 Å². The lowest BCUT2D eigenvalue weighted by Crippen LogP contribution is -2.34. The number of ketones is 1. The van der Waals surface area contributed by atoms with E-state index in [0.717, 1.165) is 30.6 Å². The minimum Gasteiger partial charge on any atom is -0.496 e. The van der Waals surface area contributed by atoms with Crippen LogP contribution in [0.25, 0.3) is 6.08 Å². The molecule has 124 valence electrons. The quantitative estimate of drug-likeness (QED) is 0.862.